The van der Waals surface area contributed by atoms with E-state index in [9.17, 15) is 14.4 Å². The topological polar surface area (TPSA) is 123 Å². The molecule has 34 heavy (non-hydrogen) atoms. The van der Waals surface area contributed by atoms with E-state index in [4.69, 9.17) is 19.4 Å². The van der Waals surface area contributed by atoms with Crippen LogP contribution in [0.15, 0.2) is 48.5 Å². The highest BCUT2D eigenvalue weighted by Crippen LogP contribution is 2.44. The third-order valence-electron chi connectivity index (χ3n) is 5.77. The number of hydroxylamine groups is 1. The van der Waals surface area contributed by atoms with Gasteiger partial charge < -0.3 is 19.9 Å². The van der Waals surface area contributed by atoms with Gasteiger partial charge in [0.2, 0.25) is 12.0 Å². The summed E-state index contributed by atoms with van der Waals surface area (Å²) in [5, 5.41) is 11.8. The summed E-state index contributed by atoms with van der Waals surface area (Å²) >= 11 is 0. The van der Waals surface area contributed by atoms with Crippen molar-refractivity contribution >= 4 is 18.0 Å². The normalized spacial score (nSPS) is 14.1. The van der Waals surface area contributed by atoms with Crippen LogP contribution in [0.3, 0.4) is 0 Å². The van der Waals surface area contributed by atoms with Crippen LogP contribution in [-0.2, 0) is 23.9 Å². The van der Waals surface area contributed by atoms with Crippen molar-refractivity contribution in [1.29, 1.82) is 0 Å². The van der Waals surface area contributed by atoms with Crippen LogP contribution in [0.4, 0.5) is 4.79 Å². The number of rotatable bonds is 11. The molecule has 3 N–H and O–H groups in total. The van der Waals surface area contributed by atoms with Crippen LogP contribution in [0.5, 0.6) is 0 Å². The maximum atomic E-state index is 12.6. The molecule has 0 saturated heterocycles. The molecule has 0 fully saturated rings. The molecule has 0 bridgehead atoms. The highest BCUT2D eigenvalue weighted by molar-refractivity contribution is 5.79. The van der Waals surface area contributed by atoms with Gasteiger partial charge in [0.1, 0.15) is 6.61 Å². The minimum Gasteiger partial charge on any atom is -0.479 e. The van der Waals surface area contributed by atoms with Gasteiger partial charge in [0.25, 0.3) is 0 Å². The maximum Gasteiger partial charge on any atom is 0.407 e. The molecule has 0 saturated carbocycles. The zero-order chi connectivity index (χ0) is 24.7. The Morgan fingerprint density at radius 1 is 1.00 bits per heavy atom. The van der Waals surface area contributed by atoms with Crippen LogP contribution in [0.2, 0.25) is 0 Å². The molecule has 0 aromatic heterocycles. The van der Waals surface area contributed by atoms with Crippen LogP contribution in [0.1, 0.15) is 37.3 Å². The average Bonchev–Trinajstić information content (AvgIpc) is 3.13. The maximum absolute atomic E-state index is 12.6. The zero-order valence-electron chi connectivity index (χ0n) is 19.4. The number of alkyl carbamates (subject to hydrolysis) is 1. The Labute approximate surface area is 198 Å². The molecule has 2 aromatic carbocycles. The molecular weight excluding hydrogens is 440 g/mol. The van der Waals surface area contributed by atoms with Crippen molar-refractivity contribution in [2.24, 2.45) is 5.92 Å². The van der Waals surface area contributed by atoms with Gasteiger partial charge in [-0.15, -0.1) is 0 Å². The number of carboxylic acid groups (broad SMARTS) is 1. The molecule has 0 spiro atoms. The number of amides is 2. The predicted octanol–water partition coefficient (Wildman–Crippen LogP) is 3.09. The van der Waals surface area contributed by atoms with Crippen molar-refractivity contribution in [2.75, 3.05) is 20.3 Å². The van der Waals surface area contributed by atoms with E-state index >= 15 is 0 Å². The first kappa shape index (κ1) is 25.2. The largest absolute Gasteiger partial charge is 0.479 e. The Kier molecular flexibility index (Phi) is 8.61. The van der Waals surface area contributed by atoms with Gasteiger partial charge in [0.15, 0.2) is 0 Å². The zero-order valence-corrected chi connectivity index (χ0v) is 19.4. The average molecular weight is 471 g/mol. The van der Waals surface area contributed by atoms with Crippen molar-refractivity contribution in [3.8, 4) is 11.1 Å². The van der Waals surface area contributed by atoms with Crippen molar-refractivity contribution in [1.82, 2.24) is 10.8 Å². The molecule has 2 unspecified atom stereocenters. The van der Waals surface area contributed by atoms with Crippen LogP contribution in [0.25, 0.3) is 11.1 Å². The summed E-state index contributed by atoms with van der Waals surface area (Å²) in [7, 11) is 1.33. The molecule has 1 aliphatic rings. The van der Waals surface area contributed by atoms with E-state index in [0.717, 1.165) is 22.3 Å². The molecule has 2 aromatic rings. The van der Waals surface area contributed by atoms with Crippen LogP contribution in [0, 0.1) is 5.92 Å². The van der Waals surface area contributed by atoms with Crippen LogP contribution < -0.4 is 10.8 Å². The number of nitrogens with one attached hydrogen (secondary N) is 2. The molecular formula is C25H30N2O7. The molecule has 0 heterocycles. The highest BCUT2D eigenvalue weighted by Gasteiger charge is 2.30. The highest BCUT2D eigenvalue weighted by atomic mass is 16.7. The minimum atomic E-state index is -1.33. The summed E-state index contributed by atoms with van der Waals surface area (Å²) in [6.07, 6.45) is -2.07. The molecule has 0 aliphatic heterocycles. The first-order chi connectivity index (χ1) is 16.3. The summed E-state index contributed by atoms with van der Waals surface area (Å²) in [5.41, 5.74) is 6.60. The van der Waals surface area contributed by atoms with E-state index < -0.39 is 30.1 Å². The Morgan fingerprint density at radius 3 is 2.12 bits per heavy atom. The van der Waals surface area contributed by atoms with Gasteiger partial charge in [-0.3, -0.25) is 9.63 Å². The lowest BCUT2D eigenvalue weighted by molar-refractivity contribution is -0.165. The fourth-order valence-corrected chi connectivity index (χ4v) is 3.93. The Hall–Kier alpha value is -3.43. The fourth-order valence-electron chi connectivity index (χ4n) is 3.93. The summed E-state index contributed by atoms with van der Waals surface area (Å²) in [5.74, 6) is -1.99. The molecule has 0 radical (unpaired) electrons. The van der Waals surface area contributed by atoms with E-state index in [2.05, 4.69) is 22.9 Å². The van der Waals surface area contributed by atoms with Gasteiger partial charge in [0, 0.05) is 25.5 Å². The molecule has 182 valence electrons. The number of hydrogen-bond acceptors (Lipinski definition) is 6. The number of aliphatic carboxylic acids is 1. The van der Waals surface area contributed by atoms with Gasteiger partial charge in [0.05, 0.1) is 6.61 Å². The Bertz CT molecular complexity index is 978. The van der Waals surface area contributed by atoms with Gasteiger partial charge in [-0.2, -0.15) is 0 Å². The number of carbonyl (C=O) groups is 3. The second kappa shape index (κ2) is 11.6. The SMILES string of the molecule is COCC(ONC(=O)CC(NC(=O)OCC1c2ccccc2-c2ccccc21)C(C)C)C(=O)O. The second-order valence-corrected chi connectivity index (χ2v) is 8.45. The molecule has 2 amide bonds. The Morgan fingerprint density at radius 2 is 1.59 bits per heavy atom. The third-order valence-corrected chi connectivity index (χ3v) is 5.77. The molecule has 9 heteroatoms. The Balaban J connectivity index is 1.55. The van der Waals surface area contributed by atoms with Crippen LogP contribution in [-0.4, -0.2) is 55.5 Å². The van der Waals surface area contributed by atoms with Gasteiger partial charge in [-0.25, -0.2) is 15.1 Å². The number of ether oxygens (including phenoxy) is 2. The number of benzene rings is 2. The number of carbonyl (C=O) groups excluding carboxylic acids is 2. The standard InChI is InChI=1S/C25H30N2O7/c1-15(2)21(12-23(28)27-34-22(14-32-3)24(29)30)26-25(31)33-13-20-18-10-6-4-8-16(18)17-9-5-7-11-19(17)20/h4-11,15,20-22H,12-14H2,1-3H3,(H,26,31)(H,27,28)(H,29,30). The number of hydrogen-bond donors (Lipinski definition) is 3. The smallest absolute Gasteiger partial charge is 0.407 e. The minimum absolute atomic E-state index is 0.0684. The molecule has 1 aliphatic carbocycles. The number of fused-ring (bicyclic) bond motifs is 3. The summed E-state index contributed by atoms with van der Waals surface area (Å²) in [6, 6.07) is 15.6. The summed E-state index contributed by atoms with van der Waals surface area (Å²) in [6.45, 7) is 3.65. The first-order valence-electron chi connectivity index (χ1n) is 11.1. The van der Waals surface area contributed by atoms with Gasteiger partial charge >= 0.3 is 12.1 Å². The fraction of sp³-hybridized carbons (Fsp3) is 0.400. The lowest BCUT2D eigenvalue weighted by Gasteiger charge is -2.23. The van der Waals surface area contributed by atoms with Crippen molar-refractivity contribution in [2.45, 2.75) is 38.3 Å². The van der Waals surface area contributed by atoms with E-state index in [-0.39, 0.29) is 31.5 Å². The number of carboxylic acids is 1. The van der Waals surface area contributed by atoms with E-state index in [1.165, 1.54) is 7.11 Å². The summed E-state index contributed by atoms with van der Waals surface area (Å²) < 4.78 is 10.3. The van der Waals surface area contributed by atoms with E-state index in [1.54, 1.807) is 0 Å². The number of methoxy groups -OCH3 is 1. The van der Waals surface area contributed by atoms with Gasteiger partial charge in [-0.05, 0) is 28.2 Å². The van der Waals surface area contributed by atoms with Crippen LogP contribution >= 0.6 is 0 Å². The second-order valence-electron chi connectivity index (χ2n) is 8.45. The van der Waals surface area contributed by atoms with Crippen molar-refractivity contribution in [3.63, 3.8) is 0 Å². The lowest BCUT2D eigenvalue weighted by Crippen LogP contribution is -2.44. The quantitative estimate of drug-likeness (QED) is 0.431. The van der Waals surface area contributed by atoms with E-state index in [0.29, 0.717) is 0 Å². The predicted molar refractivity (Wildman–Crippen MR) is 124 cm³/mol. The molecule has 3 rings (SSSR count). The molecule has 2 atom stereocenters. The monoisotopic (exact) mass is 470 g/mol. The van der Waals surface area contributed by atoms with Gasteiger partial charge in [-0.1, -0.05) is 62.4 Å². The van der Waals surface area contributed by atoms with Crippen molar-refractivity contribution < 1.29 is 33.8 Å². The van der Waals surface area contributed by atoms with E-state index in [1.807, 2.05) is 50.2 Å². The van der Waals surface area contributed by atoms with Crippen molar-refractivity contribution in [3.05, 3.63) is 59.7 Å². The lowest BCUT2D eigenvalue weighted by atomic mass is 9.98. The third kappa shape index (κ3) is 6.12. The molecule has 9 nitrogen and oxygen atoms in total. The summed E-state index contributed by atoms with van der Waals surface area (Å²) in [4.78, 5) is 40.8. The first-order valence-corrected chi connectivity index (χ1v) is 11.1.